The molecule has 3 fully saturated rings. The molecule has 0 radical (unpaired) electrons. The number of imidazole rings is 1. The topological polar surface area (TPSA) is 50.2 Å². The van der Waals surface area contributed by atoms with Gasteiger partial charge in [-0.1, -0.05) is 30.3 Å². The predicted octanol–water partition coefficient (Wildman–Crippen LogP) is 2.88. The second-order valence-corrected chi connectivity index (χ2v) is 9.01. The van der Waals surface area contributed by atoms with E-state index in [1.165, 1.54) is 12.0 Å². The van der Waals surface area contributed by atoms with Crippen molar-refractivity contribution in [1.29, 1.82) is 0 Å². The van der Waals surface area contributed by atoms with Crippen molar-refractivity contribution in [2.75, 3.05) is 13.1 Å². The summed E-state index contributed by atoms with van der Waals surface area (Å²) < 4.78 is 2.17. The molecule has 5 heteroatoms. The molecule has 1 aromatic heterocycles. The predicted molar refractivity (Wildman–Crippen MR) is 109 cm³/mol. The highest BCUT2D eigenvalue weighted by molar-refractivity contribution is 5.85. The van der Waals surface area contributed by atoms with Gasteiger partial charge in [-0.3, -0.25) is 4.79 Å². The minimum absolute atomic E-state index is 0.249. The maximum absolute atomic E-state index is 13.8. The molecule has 4 heterocycles. The third-order valence-electron chi connectivity index (χ3n) is 7.24. The molecule has 5 nitrogen and oxygen atoms in total. The van der Waals surface area contributed by atoms with E-state index in [1.54, 1.807) is 0 Å². The third kappa shape index (κ3) is 3.26. The van der Waals surface area contributed by atoms with Crippen molar-refractivity contribution >= 4 is 5.91 Å². The minimum Gasteiger partial charge on any atom is -0.342 e. The number of amides is 1. The van der Waals surface area contributed by atoms with E-state index in [-0.39, 0.29) is 5.41 Å². The molecule has 0 unspecified atom stereocenters. The Morgan fingerprint density at radius 1 is 1.14 bits per heavy atom. The molecule has 1 aromatic carbocycles. The summed E-state index contributed by atoms with van der Waals surface area (Å²) in [7, 11) is 0. The van der Waals surface area contributed by atoms with Crippen LogP contribution in [0.25, 0.3) is 0 Å². The molecule has 3 atom stereocenters. The zero-order valence-electron chi connectivity index (χ0n) is 16.5. The largest absolute Gasteiger partial charge is 0.342 e. The number of nitrogens with zero attached hydrogens (tertiary/aromatic N) is 3. The number of carbonyl (C=O) groups is 1. The number of rotatable bonds is 5. The van der Waals surface area contributed by atoms with E-state index in [9.17, 15) is 4.79 Å². The van der Waals surface area contributed by atoms with Crippen LogP contribution >= 0.6 is 0 Å². The first-order valence-electron chi connectivity index (χ1n) is 10.8. The Labute approximate surface area is 167 Å². The Kier molecular flexibility index (Phi) is 4.71. The van der Waals surface area contributed by atoms with Crippen LogP contribution in [-0.4, -0.2) is 45.5 Å². The average molecular weight is 379 g/mol. The van der Waals surface area contributed by atoms with Crippen molar-refractivity contribution in [1.82, 2.24) is 19.8 Å². The number of hydrogen-bond acceptors (Lipinski definition) is 3. The average Bonchev–Trinajstić information content (AvgIpc) is 3.47. The molecule has 1 N–H and O–H groups in total. The van der Waals surface area contributed by atoms with Gasteiger partial charge in [-0.05, 0) is 50.0 Å². The second kappa shape index (κ2) is 7.36. The number of hydrogen-bond donors (Lipinski definition) is 1. The Morgan fingerprint density at radius 2 is 1.96 bits per heavy atom. The number of carbonyl (C=O) groups excluding carboxylic acids is 1. The Morgan fingerprint density at radius 3 is 2.61 bits per heavy atom. The fraction of sp³-hybridized carbons (Fsp3) is 0.565. The summed E-state index contributed by atoms with van der Waals surface area (Å²) in [5.74, 6) is 1.04. The first kappa shape index (κ1) is 17.9. The van der Waals surface area contributed by atoms with Crippen molar-refractivity contribution in [3.63, 3.8) is 0 Å². The monoisotopic (exact) mass is 378 g/mol. The smallest absolute Gasteiger partial charge is 0.230 e. The van der Waals surface area contributed by atoms with Crippen LogP contribution in [0.5, 0.6) is 0 Å². The molecule has 2 aromatic rings. The van der Waals surface area contributed by atoms with E-state index >= 15 is 0 Å². The van der Waals surface area contributed by atoms with E-state index < -0.39 is 0 Å². The fourth-order valence-corrected chi connectivity index (χ4v) is 5.79. The summed E-state index contributed by atoms with van der Waals surface area (Å²) in [5.41, 5.74) is 1.04. The maximum atomic E-state index is 13.8. The lowest BCUT2D eigenvalue weighted by molar-refractivity contribution is -0.145. The molecule has 1 amide bonds. The van der Waals surface area contributed by atoms with Gasteiger partial charge in [0.25, 0.3) is 0 Å². The molecule has 0 spiro atoms. The van der Waals surface area contributed by atoms with Gasteiger partial charge in [-0.2, -0.15) is 0 Å². The summed E-state index contributed by atoms with van der Waals surface area (Å²) in [6.07, 6.45) is 12.2. The van der Waals surface area contributed by atoms with E-state index in [0.717, 1.165) is 51.7 Å². The Balaban J connectivity index is 1.29. The lowest BCUT2D eigenvalue weighted by Gasteiger charge is -2.42. The molecule has 2 bridgehead atoms. The molecule has 3 aliphatic heterocycles. The Bertz CT molecular complexity index is 797. The number of aromatic nitrogens is 2. The zero-order chi connectivity index (χ0) is 19.0. The highest BCUT2D eigenvalue weighted by Gasteiger charge is 2.56. The van der Waals surface area contributed by atoms with Crippen LogP contribution in [0.15, 0.2) is 49.1 Å². The third-order valence-corrected chi connectivity index (χ3v) is 7.24. The van der Waals surface area contributed by atoms with Gasteiger partial charge in [0.15, 0.2) is 0 Å². The van der Waals surface area contributed by atoms with Crippen molar-refractivity contribution in [2.24, 2.45) is 11.3 Å². The van der Waals surface area contributed by atoms with Gasteiger partial charge >= 0.3 is 0 Å². The zero-order valence-corrected chi connectivity index (χ0v) is 16.5. The summed E-state index contributed by atoms with van der Waals surface area (Å²) >= 11 is 0. The number of likely N-dealkylation sites (tertiary alicyclic amines) is 1. The summed E-state index contributed by atoms with van der Waals surface area (Å²) in [4.78, 5) is 20.1. The lowest BCUT2D eigenvalue weighted by Crippen LogP contribution is -2.53. The van der Waals surface area contributed by atoms with Crippen molar-refractivity contribution < 1.29 is 4.79 Å². The van der Waals surface area contributed by atoms with Crippen LogP contribution in [0.2, 0.25) is 0 Å². The summed E-state index contributed by atoms with van der Waals surface area (Å²) in [5, 5.41) is 3.74. The van der Waals surface area contributed by atoms with Crippen LogP contribution in [0.3, 0.4) is 0 Å². The van der Waals surface area contributed by atoms with Crippen molar-refractivity contribution in [3.05, 3.63) is 54.6 Å². The highest BCUT2D eigenvalue weighted by Crippen LogP contribution is 2.47. The van der Waals surface area contributed by atoms with Crippen molar-refractivity contribution in [3.8, 4) is 0 Å². The van der Waals surface area contributed by atoms with Gasteiger partial charge in [-0.25, -0.2) is 4.98 Å². The molecular formula is C23H30N4O. The number of piperidine rings is 1. The van der Waals surface area contributed by atoms with Gasteiger partial charge in [0.05, 0.1) is 11.7 Å². The molecular weight excluding hydrogens is 348 g/mol. The molecule has 3 saturated heterocycles. The van der Waals surface area contributed by atoms with Crippen LogP contribution in [0, 0.1) is 11.3 Å². The van der Waals surface area contributed by atoms with Crippen LogP contribution in [-0.2, 0) is 17.8 Å². The number of fused-ring (bicyclic) bond motifs is 2. The quantitative estimate of drug-likeness (QED) is 0.870. The van der Waals surface area contributed by atoms with E-state index in [2.05, 4.69) is 50.1 Å². The molecule has 5 rings (SSSR count). The van der Waals surface area contributed by atoms with Crippen LogP contribution < -0.4 is 5.32 Å². The van der Waals surface area contributed by atoms with E-state index in [4.69, 9.17) is 0 Å². The normalized spacial score (nSPS) is 30.1. The van der Waals surface area contributed by atoms with Crippen LogP contribution in [0.4, 0.5) is 0 Å². The fourth-order valence-electron chi connectivity index (χ4n) is 5.79. The Hall–Kier alpha value is -2.14. The molecule has 28 heavy (non-hydrogen) atoms. The van der Waals surface area contributed by atoms with Gasteiger partial charge in [-0.15, -0.1) is 0 Å². The molecule has 3 aliphatic rings. The van der Waals surface area contributed by atoms with Crippen LogP contribution in [0.1, 0.15) is 37.7 Å². The van der Waals surface area contributed by atoms with Gasteiger partial charge in [0.1, 0.15) is 0 Å². The van der Waals surface area contributed by atoms with Crippen molar-refractivity contribution in [2.45, 2.75) is 57.2 Å². The van der Waals surface area contributed by atoms with E-state index in [1.807, 2.05) is 18.7 Å². The molecule has 0 saturated carbocycles. The lowest BCUT2D eigenvalue weighted by atomic mass is 9.68. The number of benzene rings is 1. The molecule has 148 valence electrons. The summed E-state index contributed by atoms with van der Waals surface area (Å²) in [6.45, 7) is 2.81. The first-order chi connectivity index (χ1) is 13.7. The maximum Gasteiger partial charge on any atom is 0.230 e. The van der Waals surface area contributed by atoms with E-state index in [0.29, 0.717) is 23.9 Å². The SMILES string of the molecule is O=C(N1CCC(Cn2ccnc2)CC1)[C@@]1(Cc2ccccc2)C[C@H]2CC[C@@H]1N2. The second-order valence-electron chi connectivity index (χ2n) is 9.01. The standard InChI is InChI=1S/C23H30N4O/c28-22(27-11-8-19(9-12-27)16-26-13-10-24-17-26)23(14-18-4-2-1-3-5-18)15-20-6-7-21(23)25-20/h1-5,10,13,17,19-21,25H,6-9,11-12,14-16H2/t20-,21+,23+/m1/s1. The molecule has 0 aliphatic carbocycles. The first-order valence-corrected chi connectivity index (χ1v) is 10.8. The number of nitrogens with one attached hydrogen (secondary N) is 1. The highest BCUT2D eigenvalue weighted by atomic mass is 16.2. The minimum atomic E-state index is -0.249. The summed E-state index contributed by atoms with van der Waals surface area (Å²) in [6, 6.07) is 11.5. The van der Waals surface area contributed by atoms with Gasteiger partial charge < -0.3 is 14.8 Å². The van der Waals surface area contributed by atoms with Gasteiger partial charge in [0.2, 0.25) is 5.91 Å². The van der Waals surface area contributed by atoms with Gasteiger partial charge in [0, 0.05) is 44.1 Å².